The number of halogens is 1. The van der Waals surface area contributed by atoms with Crippen molar-refractivity contribution >= 4 is 15.9 Å². The van der Waals surface area contributed by atoms with Gasteiger partial charge in [-0.15, -0.1) is 0 Å². The summed E-state index contributed by atoms with van der Waals surface area (Å²) < 4.78 is 5.09. The molecule has 3 heterocycles. The third-order valence-corrected chi connectivity index (χ3v) is 2.98. The summed E-state index contributed by atoms with van der Waals surface area (Å²) in [6.07, 6.45) is 3.76. The van der Waals surface area contributed by atoms with Crippen LogP contribution in [-0.4, -0.2) is 19.3 Å². The zero-order valence-electron chi connectivity index (χ0n) is 7.68. The second kappa shape index (κ2) is 2.70. The van der Waals surface area contributed by atoms with Crippen molar-refractivity contribution in [1.29, 1.82) is 0 Å². The molecule has 5 heteroatoms. The Morgan fingerprint density at radius 2 is 2.36 bits per heavy atom. The van der Waals surface area contributed by atoms with Gasteiger partial charge in [0.2, 0.25) is 0 Å². The van der Waals surface area contributed by atoms with Crippen molar-refractivity contribution in [3.63, 3.8) is 0 Å². The van der Waals surface area contributed by atoms with Gasteiger partial charge < -0.3 is 4.57 Å². The van der Waals surface area contributed by atoms with Crippen molar-refractivity contribution in [2.75, 3.05) is 0 Å². The number of hydrogen-bond donors (Lipinski definition) is 0. The molecule has 0 aromatic carbocycles. The van der Waals surface area contributed by atoms with Gasteiger partial charge in [-0.25, -0.2) is 4.98 Å². The quantitative estimate of drug-likeness (QED) is 0.720. The molecule has 14 heavy (non-hydrogen) atoms. The Bertz CT molecular complexity index is 485. The van der Waals surface area contributed by atoms with Gasteiger partial charge in [-0.3, -0.25) is 4.68 Å². The number of fused-ring (bicyclic) bond motifs is 3. The van der Waals surface area contributed by atoms with Crippen LogP contribution in [-0.2, 0) is 6.54 Å². The molecule has 1 aliphatic rings. The smallest absolute Gasteiger partial charge is 0.128 e. The molecule has 2 aromatic rings. The monoisotopic (exact) mass is 252 g/mol. The minimum Gasteiger partial charge on any atom is -0.325 e. The van der Waals surface area contributed by atoms with Crippen molar-refractivity contribution in [2.45, 2.75) is 19.5 Å². The van der Waals surface area contributed by atoms with Crippen LogP contribution in [0.3, 0.4) is 0 Å². The lowest BCUT2D eigenvalue weighted by molar-refractivity contribution is 0.420. The predicted molar refractivity (Wildman–Crippen MR) is 55.9 cm³/mol. The first-order valence-electron chi connectivity index (χ1n) is 4.51. The molecule has 0 radical (unpaired) electrons. The second-order valence-electron chi connectivity index (χ2n) is 3.57. The first-order valence-corrected chi connectivity index (χ1v) is 5.30. The molecule has 0 fully saturated rings. The van der Waals surface area contributed by atoms with Gasteiger partial charge in [0.05, 0.1) is 36.5 Å². The van der Waals surface area contributed by atoms with Crippen LogP contribution in [0.2, 0.25) is 0 Å². The van der Waals surface area contributed by atoms with Crippen LogP contribution in [0.15, 0.2) is 23.2 Å². The average molecular weight is 253 g/mol. The number of hydrogen-bond acceptors (Lipinski definition) is 2. The molecule has 0 bridgehead atoms. The second-order valence-corrected chi connectivity index (χ2v) is 4.38. The van der Waals surface area contributed by atoms with E-state index in [0.717, 1.165) is 22.5 Å². The molecule has 0 amide bonds. The van der Waals surface area contributed by atoms with Crippen LogP contribution in [0.4, 0.5) is 0 Å². The van der Waals surface area contributed by atoms with E-state index in [1.165, 1.54) is 0 Å². The van der Waals surface area contributed by atoms with Gasteiger partial charge in [0, 0.05) is 6.07 Å². The molecule has 72 valence electrons. The molecule has 0 saturated carbocycles. The fourth-order valence-corrected chi connectivity index (χ4v) is 2.33. The zero-order valence-corrected chi connectivity index (χ0v) is 9.27. The average Bonchev–Trinajstić information content (AvgIpc) is 2.69. The van der Waals surface area contributed by atoms with Crippen LogP contribution in [0, 0.1) is 0 Å². The molecule has 2 aromatic heterocycles. The van der Waals surface area contributed by atoms with E-state index in [2.05, 4.69) is 37.5 Å². The van der Waals surface area contributed by atoms with Gasteiger partial charge in [0.1, 0.15) is 4.60 Å². The Morgan fingerprint density at radius 3 is 3.21 bits per heavy atom. The van der Waals surface area contributed by atoms with E-state index in [1.807, 2.05) is 23.3 Å². The number of nitrogens with zero attached hydrogens (tertiary/aromatic N) is 4. The van der Waals surface area contributed by atoms with E-state index in [1.54, 1.807) is 0 Å². The fourth-order valence-electron chi connectivity index (χ4n) is 1.92. The Hall–Kier alpha value is -1.10. The highest BCUT2D eigenvalue weighted by Gasteiger charge is 2.22. The number of aromatic nitrogens is 4. The van der Waals surface area contributed by atoms with Gasteiger partial charge in [0.15, 0.2) is 0 Å². The van der Waals surface area contributed by atoms with Crippen LogP contribution >= 0.6 is 15.9 Å². The van der Waals surface area contributed by atoms with Gasteiger partial charge in [-0.05, 0) is 22.9 Å². The van der Waals surface area contributed by atoms with Crippen LogP contribution in [0.1, 0.15) is 13.0 Å². The summed E-state index contributed by atoms with van der Waals surface area (Å²) in [7, 11) is 0. The third kappa shape index (κ3) is 0.987. The van der Waals surface area contributed by atoms with Crippen molar-refractivity contribution < 1.29 is 0 Å². The highest BCUT2D eigenvalue weighted by molar-refractivity contribution is 9.10. The molecule has 0 N–H and O–H groups in total. The minimum atomic E-state index is 0.423. The van der Waals surface area contributed by atoms with Gasteiger partial charge >= 0.3 is 0 Å². The van der Waals surface area contributed by atoms with Crippen LogP contribution in [0.5, 0.6) is 0 Å². The Morgan fingerprint density at radius 1 is 1.50 bits per heavy atom. The summed E-state index contributed by atoms with van der Waals surface area (Å²) in [5, 5.41) is 4.37. The number of rotatable bonds is 0. The van der Waals surface area contributed by atoms with E-state index >= 15 is 0 Å². The minimum absolute atomic E-state index is 0.423. The molecule has 3 rings (SSSR count). The maximum atomic E-state index is 4.37. The summed E-state index contributed by atoms with van der Waals surface area (Å²) in [6, 6.07) is 2.45. The zero-order chi connectivity index (χ0) is 9.71. The standard InChI is InChI=1S/C9H9BrN4/c1-6-4-14-7(2-9(10)12-14)8-3-11-5-13(6)8/h2-3,5-6H,4H2,1H3/t6-/m0/s1. The van der Waals surface area contributed by atoms with Crippen molar-refractivity contribution in [2.24, 2.45) is 0 Å². The summed E-state index contributed by atoms with van der Waals surface area (Å²) in [5.41, 5.74) is 2.27. The first kappa shape index (κ1) is 8.23. The van der Waals surface area contributed by atoms with Crippen molar-refractivity contribution in [1.82, 2.24) is 19.3 Å². The Balaban J connectivity index is 2.28. The van der Waals surface area contributed by atoms with Gasteiger partial charge in [0.25, 0.3) is 0 Å². The van der Waals surface area contributed by atoms with E-state index < -0.39 is 0 Å². The maximum absolute atomic E-state index is 4.37. The molecule has 0 aliphatic carbocycles. The lowest BCUT2D eigenvalue weighted by Gasteiger charge is -2.23. The molecule has 0 unspecified atom stereocenters. The van der Waals surface area contributed by atoms with E-state index in [4.69, 9.17) is 0 Å². The first-order chi connectivity index (χ1) is 6.75. The molecular weight excluding hydrogens is 244 g/mol. The topological polar surface area (TPSA) is 35.6 Å². The van der Waals surface area contributed by atoms with E-state index in [9.17, 15) is 0 Å². The highest BCUT2D eigenvalue weighted by atomic mass is 79.9. The SMILES string of the molecule is C[C@H]1Cn2nc(Br)cc2-c2cncn21. The summed E-state index contributed by atoms with van der Waals surface area (Å²) in [6.45, 7) is 3.08. The van der Waals surface area contributed by atoms with Gasteiger partial charge in [-0.1, -0.05) is 0 Å². The molecule has 1 aliphatic heterocycles. The lowest BCUT2D eigenvalue weighted by atomic mass is 10.2. The predicted octanol–water partition coefficient (Wildman–Crippen LogP) is 2.08. The molecule has 0 saturated heterocycles. The molecule has 0 spiro atoms. The normalized spacial score (nSPS) is 19.1. The molecule has 4 nitrogen and oxygen atoms in total. The van der Waals surface area contributed by atoms with Gasteiger partial charge in [-0.2, -0.15) is 5.10 Å². The summed E-state index contributed by atoms with van der Waals surface area (Å²) >= 11 is 3.39. The third-order valence-electron chi connectivity index (χ3n) is 2.59. The Kier molecular flexibility index (Phi) is 1.58. The van der Waals surface area contributed by atoms with E-state index in [-0.39, 0.29) is 0 Å². The molecule has 1 atom stereocenters. The fraction of sp³-hybridized carbons (Fsp3) is 0.333. The maximum Gasteiger partial charge on any atom is 0.128 e. The lowest BCUT2D eigenvalue weighted by Crippen LogP contribution is -2.20. The van der Waals surface area contributed by atoms with Crippen LogP contribution < -0.4 is 0 Å². The molecular formula is C9H9BrN4. The van der Waals surface area contributed by atoms with E-state index in [0.29, 0.717) is 6.04 Å². The Labute approximate surface area is 89.7 Å². The summed E-state index contributed by atoms with van der Waals surface area (Å²) in [5.74, 6) is 0. The highest BCUT2D eigenvalue weighted by Crippen LogP contribution is 2.30. The number of imidazole rings is 1. The largest absolute Gasteiger partial charge is 0.325 e. The van der Waals surface area contributed by atoms with Crippen molar-refractivity contribution in [3.8, 4) is 11.4 Å². The van der Waals surface area contributed by atoms with Crippen LogP contribution in [0.25, 0.3) is 11.4 Å². The summed E-state index contributed by atoms with van der Waals surface area (Å²) in [4.78, 5) is 4.17. The van der Waals surface area contributed by atoms with Crippen molar-refractivity contribution in [3.05, 3.63) is 23.2 Å².